The van der Waals surface area contributed by atoms with Gasteiger partial charge in [0, 0.05) is 12.0 Å². The van der Waals surface area contributed by atoms with E-state index < -0.39 is 0 Å². The summed E-state index contributed by atoms with van der Waals surface area (Å²) in [5, 5.41) is 38.6. The van der Waals surface area contributed by atoms with Crippen LogP contribution >= 0.6 is 0 Å². The fraction of sp³-hybridized carbons (Fsp3) is 0.341. The van der Waals surface area contributed by atoms with Gasteiger partial charge in [-0.25, -0.2) is 0 Å². The number of ether oxygens (including phenoxy) is 1. The summed E-state index contributed by atoms with van der Waals surface area (Å²) in [6.07, 6.45) is 9.54. The molecule has 0 aliphatic rings. The summed E-state index contributed by atoms with van der Waals surface area (Å²) in [6.45, 7) is 12.6. The van der Waals surface area contributed by atoms with Gasteiger partial charge < -0.3 is 14.9 Å². The monoisotopic (exact) mass is 688 g/mol. The number of carbonyl (C=O) groups excluding carboxylic acids is 1. The molecule has 2 N–H and O–H groups in total. The number of nitrogens with zero attached hydrogens (tertiary/aromatic N) is 6. The van der Waals surface area contributed by atoms with Crippen LogP contribution in [0.3, 0.4) is 0 Å². The molecule has 10 nitrogen and oxygen atoms in total. The van der Waals surface area contributed by atoms with Crippen molar-refractivity contribution in [2.75, 3.05) is 6.61 Å². The average Bonchev–Trinajstić information content (AvgIpc) is 3.75. The van der Waals surface area contributed by atoms with Crippen molar-refractivity contribution < 1.29 is 19.7 Å². The SMILES string of the molecule is C=Cc1ccc(O)c(-n2nc3ccccc3n2)c1.CCCCCCCCOC(=O)CCc1cc(-n2nc3ccccc3n2)c(O)c(C(C)(C)C)c1. The van der Waals surface area contributed by atoms with Gasteiger partial charge in [0.1, 0.15) is 44.9 Å². The van der Waals surface area contributed by atoms with E-state index in [0.717, 1.165) is 51.6 Å². The molecule has 10 heteroatoms. The van der Waals surface area contributed by atoms with Crippen LogP contribution in [0.25, 0.3) is 39.5 Å². The van der Waals surface area contributed by atoms with Crippen molar-refractivity contribution in [3.8, 4) is 22.9 Å². The number of aromatic hydroxyl groups is 2. The Hall–Kier alpha value is -5.51. The Kier molecular flexibility index (Phi) is 12.2. The van der Waals surface area contributed by atoms with E-state index in [-0.39, 0.29) is 22.9 Å². The first-order valence-electron chi connectivity index (χ1n) is 17.7. The zero-order chi connectivity index (χ0) is 36.4. The minimum Gasteiger partial charge on any atom is -0.506 e. The summed E-state index contributed by atoms with van der Waals surface area (Å²) in [5.41, 5.74) is 6.56. The first kappa shape index (κ1) is 36.8. The van der Waals surface area contributed by atoms with E-state index in [1.165, 1.54) is 35.3 Å². The van der Waals surface area contributed by atoms with Crippen molar-refractivity contribution in [2.45, 2.75) is 84.5 Å². The predicted molar refractivity (Wildman–Crippen MR) is 203 cm³/mol. The number of aryl methyl sites for hydroxylation is 1. The number of benzene rings is 4. The number of phenolic OH excluding ortho intramolecular Hbond substituents is 2. The fourth-order valence-corrected chi connectivity index (χ4v) is 5.70. The molecule has 0 radical (unpaired) electrons. The van der Waals surface area contributed by atoms with Crippen molar-refractivity contribution in [1.29, 1.82) is 0 Å². The molecule has 0 aliphatic carbocycles. The number of unbranched alkanes of at least 4 members (excludes halogenated alkanes) is 5. The molecule has 0 bridgehead atoms. The number of carbonyl (C=O) groups is 1. The third-order valence-corrected chi connectivity index (χ3v) is 8.58. The Morgan fingerprint density at radius 3 is 1.86 bits per heavy atom. The summed E-state index contributed by atoms with van der Waals surface area (Å²) in [7, 11) is 0. The largest absolute Gasteiger partial charge is 0.506 e. The summed E-state index contributed by atoms with van der Waals surface area (Å²) < 4.78 is 5.43. The van der Waals surface area contributed by atoms with Gasteiger partial charge in [0.15, 0.2) is 0 Å². The molecule has 266 valence electrons. The van der Waals surface area contributed by atoms with E-state index >= 15 is 0 Å². The molecule has 2 heterocycles. The second-order valence-corrected chi connectivity index (χ2v) is 13.7. The van der Waals surface area contributed by atoms with Crippen LogP contribution in [0.1, 0.15) is 89.3 Å². The van der Waals surface area contributed by atoms with Gasteiger partial charge in [-0.1, -0.05) is 109 Å². The molecule has 0 unspecified atom stereocenters. The molecule has 2 aromatic heterocycles. The van der Waals surface area contributed by atoms with Crippen molar-refractivity contribution in [2.24, 2.45) is 0 Å². The van der Waals surface area contributed by atoms with Crippen LogP contribution in [0.5, 0.6) is 11.5 Å². The lowest BCUT2D eigenvalue weighted by Gasteiger charge is -2.23. The van der Waals surface area contributed by atoms with E-state index in [2.05, 4.69) is 54.7 Å². The number of aromatic nitrogens is 6. The smallest absolute Gasteiger partial charge is 0.306 e. The van der Waals surface area contributed by atoms with Crippen molar-refractivity contribution in [3.05, 3.63) is 102 Å². The molecule has 0 saturated heterocycles. The Balaban J connectivity index is 0.000000234. The predicted octanol–water partition coefficient (Wildman–Crippen LogP) is 9.03. The zero-order valence-corrected chi connectivity index (χ0v) is 30.0. The first-order valence-corrected chi connectivity index (χ1v) is 17.7. The van der Waals surface area contributed by atoms with Crippen LogP contribution in [0.15, 0.2) is 85.4 Å². The number of rotatable bonds is 13. The second-order valence-electron chi connectivity index (χ2n) is 13.7. The summed E-state index contributed by atoms with van der Waals surface area (Å²) in [6, 6.07) is 24.2. The van der Waals surface area contributed by atoms with Crippen LogP contribution in [0.4, 0.5) is 0 Å². The molecular formula is C41H48N6O4. The maximum atomic E-state index is 12.3. The third-order valence-electron chi connectivity index (χ3n) is 8.58. The van der Waals surface area contributed by atoms with Crippen LogP contribution in [-0.2, 0) is 21.4 Å². The molecule has 0 fully saturated rings. The Morgan fingerprint density at radius 2 is 1.31 bits per heavy atom. The normalized spacial score (nSPS) is 11.4. The van der Waals surface area contributed by atoms with Gasteiger partial charge >= 0.3 is 5.97 Å². The highest BCUT2D eigenvalue weighted by Crippen LogP contribution is 2.36. The zero-order valence-electron chi connectivity index (χ0n) is 30.0. The third kappa shape index (κ3) is 9.60. The highest BCUT2D eigenvalue weighted by Gasteiger charge is 2.23. The highest BCUT2D eigenvalue weighted by molar-refractivity contribution is 5.75. The van der Waals surface area contributed by atoms with Crippen LogP contribution < -0.4 is 0 Å². The van der Waals surface area contributed by atoms with E-state index in [1.54, 1.807) is 24.3 Å². The molecule has 4 aromatic carbocycles. The number of fused-ring (bicyclic) bond motifs is 2. The molecule has 0 amide bonds. The highest BCUT2D eigenvalue weighted by atomic mass is 16.5. The lowest BCUT2D eigenvalue weighted by Crippen LogP contribution is -2.14. The first-order chi connectivity index (χ1) is 24.6. The maximum absolute atomic E-state index is 12.3. The average molecular weight is 689 g/mol. The molecule has 6 aromatic rings. The Bertz CT molecular complexity index is 2030. The minimum atomic E-state index is -0.278. The fourth-order valence-electron chi connectivity index (χ4n) is 5.70. The van der Waals surface area contributed by atoms with E-state index in [4.69, 9.17) is 4.74 Å². The van der Waals surface area contributed by atoms with E-state index in [9.17, 15) is 15.0 Å². The van der Waals surface area contributed by atoms with E-state index in [1.807, 2.05) is 60.7 Å². The molecule has 6 rings (SSSR count). The summed E-state index contributed by atoms with van der Waals surface area (Å²) in [4.78, 5) is 15.2. The van der Waals surface area contributed by atoms with Crippen molar-refractivity contribution in [1.82, 2.24) is 30.0 Å². The van der Waals surface area contributed by atoms with Crippen molar-refractivity contribution >= 4 is 34.1 Å². The minimum absolute atomic E-state index is 0.140. The molecular weight excluding hydrogens is 640 g/mol. The molecule has 0 saturated carbocycles. The molecule has 0 atom stereocenters. The molecule has 0 spiro atoms. The Morgan fingerprint density at radius 1 is 0.765 bits per heavy atom. The van der Waals surface area contributed by atoms with Crippen LogP contribution in [0.2, 0.25) is 0 Å². The number of phenols is 2. The Labute approximate surface area is 299 Å². The number of hydrogen-bond acceptors (Lipinski definition) is 8. The van der Waals surface area contributed by atoms with E-state index in [0.29, 0.717) is 30.8 Å². The molecule has 51 heavy (non-hydrogen) atoms. The van der Waals surface area contributed by atoms with Gasteiger partial charge in [-0.3, -0.25) is 4.79 Å². The lowest BCUT2D eigenvalue weighted by atomic mass is 9.84. The van der Waals surface area contributed by atoms with Crippen LogP contribution in [-0.4, -0.2) is 52.8 Å². The van der Waals surface area contributed by atoms with Gasteiger partial charge in [0.05, 0.1) is 6.61 Å². The van der Waals surface area contributed by atoms with Gasteiger partial charge in [-0.15, -0.1) is 30.0 Å². The summed E-state index contributed by atoms with van der Waals surface area (Å²) >= 11 is 0. The topological polar surface area (TPSA) is 128 Å². The maximum Gasteiger partial charge on any atom is 0.306 e. The van der Waals surface area contributed by atoms with Gasteiger partial charge in [0.25, 0.3) is 0 Å². The van der Waals surface area contributed by atoms with Crippen LogP contribution in [0, 0.1) is 0 Å². The summed E-state index contributed by atoms with van der Waals surface area (Å²) in [5.74, 6) is 0.122. The van der Waals surface area contributed by atoms with Crippen molar-refractivity contribution in [3.63, 3.8) is 0 Å². The second kappa shape index (κ2) is 16.9. The van der Waals surface area contributed by atoms with Gasteiger partial charge in [-0.05, 0) is 71.8 Å². The standard InChI is InChI=1S/C27H37N3O3.C14H11N3O/c1-5-6-7-8-9-12-17-33-25(31)16-15-20-18-21(27(2,3)4)26(32)24(19-20)30-28-22-13-10-11-14-23(22)29-30;1-2-10-7-8-14(18)13(9-10)17-15-11-5-3-4-6-12(11)16-17/h10-11,13-14,18-19,32H,5-9,12,15-17H2,1-4H3;2-9,18H,1H2. The number of esters is 1. The number of hydrogen-bond donors (Lipinski definition) is 2. The van der Waals surface area contributed by atoms with Gasteiger partial charge in [-0.2, -0.15) is 0 Å². The lowest BCUT2D eigenvalue weighted by molar-refractivity contribution is -0.143. The molecule has 0 aliphatic heterocycles. The quantitative estimate of drug-likeness (QED) is 0.0909. The van der Waals surface area contributed by atoms with Gasteiger partial charge in [0.2, 0.25) is 0 Å².